The van der Waals surface area contributed by atoms with Crippen molar-refractivity contribution in [3.63, 3.8) is 0 Å². The van der Waals surface area contributed by atoms with Crippen molar-refractivity contribution in [2.24, 2.45) is 0 Å². The summed E-state index contributed by atoms with van der Waals surface area (Å²) >= 11 is 0. The molecule has 1 fully saturated rings. The number of anilines is 1. The molecule has 4 heteroatoms. The van der Waals surface area contributed by atoms with E-state index in [9.17, 15) is 9.59 Å². The molecule has 2 rings (SSSR count). The zero-order valence-corrected chi connectivity index (χ0v) is 15.5. The molecule has 1 aliphatic rings. The van der Waals surface area contributed by atoms with Crippen LogP contribution in [0.25, 0.3) is 0 Å². The van der Waals surface area contributed by atoms with Crippen molar-refractivity contribution < 1.29 is 9.59 Å². The molecule has 0 saturated carbocycles. The van der Waals surface area contributed by atoms with E-state index >= 15 is 0 Å². The summed E-state index contributed by atoms with van der Waals surface area (Å²) in [6.45, 7) is 10.2. The highest BCUT2D eigenvalue weighted by Gasteiger charge is 2.20. The normalized spacial score (nSPS) is 15.2. The van der Waals surface area contributed by atoms with Crippen molar-refractivity contribution in [1.82, 2.24) is 4.90 Å². The van der Waals surface area contributed by atoms with Gasteiger partial charge in [0.15, 0.2) is 0 Å². The minimum atomic E-state index is -0.0232. The van der Waals surface area contributed by atoms with E-state index in [0.29, 0.717) is 13.0 Å². The van der Waals surface area contributed by atoms with E-state index in [-0.39, 0.29) is 17.2 Å². The Labute approximate surface area is 145 Å². The number of nitrogens with zero attached hydrogens (tertiary/aromatic N) is 2. The Morgan fingerprint density at radius 2 is 1.62 bits per heavy atom. The maximum absolute atomic E-state index is 12.3. The lowest BCUT2D eigenvalue weighted by Gasteiger charge is -2.28. The van der Waals surface area contributed by atoms with E-state index in [1.54, 1.807) is 11.8 Å². The molecule has 4 nitrogen and oxygen atoms in total. The van der Waals surface area contributed by atoms with Gasteiger partial charge in [0.05, 0.1) is 0 Å². The highest BCUT2D eigenvalue weighted by Crippen LogP contribution is 2.25. The Hall–Kier alpha value is -1.84. The first-order valence-corrected chi connectivity index (χ1v) is 8.95. The van der Waals surface area contributed by atoms with Crippen LogP contribution in [0, 0.1) is 0 Å². The molecule has 0 unspecified atom stereocenters. The van der Waals surface area contributed by atoms with Crippen LogP contribution in [0.3, 0.4) is 0 Å². The summed E-state index contributed by atoms with van der Waals surface area (Å²) in [5, 5.41) is 0. The van der Waals surface area contributed by atoms with Gasteiger partial charge >= 0.3 is 0 Å². The third-order valence-electron chi connectivity index (χ3n) is 4.68. The van der Waals surface area contributed by atoms with Gasteiger partial charge in [0, 0.05) is 38.7 Å². The molecule has 0 atom stereocenters. The van der Waals surface area contributed by atoms with Crippen LogP contribution in [0.4, 0.5) is 5.69 Å². The lowest BCUT2D eigenvalue weighted by molar-refractivity contribution is -0.131. The largest absolute Gasteiger partial charge is 0.343 e. The Morgan fingerprint density at radius 1 is 1.04 bits per heavy atom. The second-order valence-electron chi connectivity index (χ2n) is 7.66. The van der Waals surface area contributed by atoms with Crippen LogP contribution in [0.15, 0.2) is 24.3 Å². The van der Waals surface area contributed by atoms with Gasteiger partial charge in [-0.05, 0) is 42.4 Å². The molecule has 0 aromatic heterocycles. The van der Waals surface area contributed by atoms with Crippen molar-refractivity contribution in [2.75, 3.05) is 24.5 Å². The number of carbonyl (C=O) groups excluding carboxylic acids is 2. The highest BCUT2D eigenvalue weighted by atomic mass is 16.2. The molecule has 0 radical (unpaired) electrons. The van der Waals surface area contributed by atoms with Crippen LogP contribution in [-0.2, 0) is 15.0 Å². The van der Waals surface area contributed by atoms with Crippen LogP contribution in [0.1, 0.15) is 58.9 Å². The van der Waals surface area contributed by atoms with Gasteiger partial charge in [-0.2, -0.15) is 0 Å². The van der Waals surface area contributed by atoms with E-state index in [2.05, 4.69) is 32.9 Å². The van der Waals surface area contributed by atoms with E-state index in [0.717, 1.165) is 31.6 Å². The molecule has 2 amide bonds. The molecule has 0 aliphatic carbocycles. The second kappa shape index (κ2) is 7.82. The topological polar surface area (TPSA) is 40.6 Å². The number of hydrogen-bond acceptors (Lipinski definition) is 2. The Morgan fingerprint density at radius 3 is 2.12 bits per heavy atom. The summed E-state index contributed by atoms with van der Waals surface area (Å²) < 4.78 is 0. The first-order valence-electron chi connectivity index (χ1n) is 8.95. The number of benzene rings is 1. The Bertz CT molecular complexity index is 566. The molecular formula is C20H30N2O2. The molecule has 0 N–H and O–H groups in total. The van der Waals surface area contributed by atoms with E-state index in [4.69, 9.17) is 0 Å². The lowest BCUT2D eigenvalue weighted by atomic mass is 9.87. The number of piperidine rings is 1. The summed E-state index contributed by atoms with van der Waals surface area (Å²) in [6, 6.07) is 8.09. The summed E-state index contributed by atoms with van der Waals surface area (Å²) in [5.41, 5.74) is 2.19. The minimum absolute atomic E-state index is 0.0232. The third-order valence-corrected chi connectivity index (χ3v) is 4.68. The summed E-state index contributed by atoms with van der Waals surface area (Å²) in [5.74, 6) is 0.136. The number of hydrogen-bond donors (Lipinski definition) is 0. The van der Waals surface area contributed by atoms with Gasteiger partial charge in [-0.1, -0.05) is 32.9 Å². The fraction of sp³-hybridized carbons (Fsp3) is 0.600. The zero-order valence-electron chi connectivity index (χ0n) is 15.5. The number of likely N-dealkylation sites (tertiary alicyclic amines) is 1. The fourth-order valence-corrected chi connectivity index (χ4v) is 3.12. The SMILES string of the molecule is CC(=O)N(CCC(=O)N1CCCCC1)c1ccc(C(C)(C)C)cc1. The van der Waals surface area contributed by atoms with Crippen molar-refractivity contribution >= 4 is 17.5 Å². The molecule has 1 saturated heterocycles. The Balaban J connectivity index is 2.01. The second-order valence-corrected chi connectivity index (χ2v) is 7.66. The van der Waals surface area contributed by atoms with Crippen molar-refractivity contribution in [2.45, 2.75) is 58.8 Å². The van der Waals surface area contributed by atoms with Gasteiger partial charge < -0.3 is 9.80 Å². The average molecular weight is 330 g/mol. The molecule has 1 aromatic rings. The van der Waals surface area contributed by atoms with E-state index in [1.165, 1.54) is 12.0 Å². The maximum atomic E-state index is 12.3. The molecule has 1 aromatic carbocycles. The van der Waals surface area contributed by atoms with Gasteiger partial charge in [0.2, 0.25) is 11.8 Å². The van der Waals surface area contributed by atoms with Crippen molar-refractivity contribution in [1.29, 1.82) is 0 Å². The lowest BCUT2D eigenvalue weighted by Crippen LogP contribution is -2.38. The van der Waals surface area contributed by atoms with Gasteiger partial charge in [-0.25, -0.2) is 0 Å². The van der Waals surface area contributed by atoms with E-state index < -0.39 is 0 Å². The quantitative estimate of drug-likeness (QED) is 0.844. The van der Waals surface area contributed by atoms with Crippen LogP contribution in [0.5, 0.6) is 0 Å². The van der Waals surface area contributed by atoms with Gasteiger partial charge in [0.25, 0.3) is 0 Å². The molecular weight excluding hydrogens is 300 g/mol. The smallest absolute Gasteiger partial charge is 0.224 e. The summed E-state index contributed by atoms with van der Waals surface area (Å²) in [7, 11) is 0. The van der Waals surface area contributed by atoms with Crippen LogP contribution in [-0.4, -0.2) is 36.3 Å². The van der Waals surface area contributed by atoms with Crippen LogP contribution >= 0.6 is 0 Å². The van der Waals surface area contributed by atoms with Crippen LogP contribution in [0.2, 0.25) is 0 Å². The Kier molecular flexibility index (Phi) is 6.03. The number of amides is 2. The summed E-state index contributed by atoms with van der Waals surface area (Å²) in [4.78, 5) is 28.0. The predicted octanol–water partition coefficient (Wildman–Crippen LogP) is 3.74. The predicted molar refractivity (Wildman–Crippen MR) is 98.2 cm³/mol. The van der Waals surface area contributed by atoms with Gasteiger partial charge in [-0.15, -0.1) is 0 Å². The van der Waals surface area contributed by atoms with Gasteiger partial charge in [0.1, 0.15) is 0 Å². The maximum Gasteiger partial charge on any atom is 0.224 e. The molecule has 0 bridgehead atoms. The zero-order chi connectivity index (χ0) is 17.7. The summed E-state index contributed by atoms with van der Waals surface area (Å²) in [6.07, 6.45) is 3.79. The van der Waals surface area contributed by atoms with Crippen LogP contribution < -0.4 is 4.90 Å². The molecule has 1 aliphatic heterocycles. The van der Waals surface area contributed by atoms with Crippen molar-refractivity contribution in [3.05, 3.63) is 29.8 Å². The fourth-order valence-electron chi connectivity index (χ4n) is 3.12. The molecule has 1 heterocycles. The molecule has 132 valence electrons. The first-order chi connectivity index (χ1) is 11.3. The molecule has 24 heavy (non-hydrogen) atoms. The van der Waals surface area contributed by atoms with E-state index in [1.807, 2.05) is 17.0 Å². The number of carbonyl (C=O) groups is 2. The van der Waals surface area contributed by atoms with Gasteiger partial charge in [-0.3, -0.25) is 9.59 Å². The average Bonchev–Trinajstić information content (AvgIpc) is 2.55. The highest BCUT2D eigenvalue weighted by molar-refractivity contribution is 5.92. The monoisotopic (exact) mass is 330 g/mol. The standard InChI is InChI=1S/C20H30N2O2/c1-16(23)22(15-12-19(24)21-13-6-5-7-14-21)18-10-8-17(9-11-18)20(2,3)4/h8-11H,5-7,12-15H2,1-4H3. The third kappa shape index (κ3) is 4.83. The number of rotatable bonds is 4. The minimum Gasteiger partial charge on any atom is -0.343 e. The molecule has 0 spiro atoms. The first kappa shape index (κ1) is 18.5. The van der Waals surface area contributed by atoms with Crippen molar-refractivity contribution in [3.8, 4) is 0 Å².